The lowest BCUT2D eigenvalue weighted by atomic mass is 10.1. The van der Waals surface area contributed by atoms with Gasteiger partial charge in [0.15, 0.2) is 0 Å². The van der Waals surface area contributed by atoms with E-state index < -0.39 is 0 Å². The molecule has 1 aromatic heterocycles. The van der Waals surface area contributed by atoms with Gasteiger partial charge in [0.1, 0.15) is 0 Å². The van der Waals surface area contributed by atoms with Crippen LogP contribution in [-0.4, -0.2) is 23.6 Å². The number of rotatable bonds is 3. The molecule has 0 amide bonds. The predicted molar refractivity (Wildman–Crippen MR) is 58.8 cm³/mol. The lowest BCUT2D eigenvalue weighted by molar-refractivity contribution is 0.397. The SMILES string of the molecule is COc1cnc2cc(CCN)ccc2n1. The first-order valence-electron chi connectivity index (χ1n) is 4.83. The van der Waals surface area contributed by atoms with Crippen molar-refractivity contribution in [1.29, 1.82) is 0 Å². The zero-order chi connectivity index (χ0) is 10.7. The molecule has 0 atom stereocenters. The molecule has 0 saturated carbocycles. The predicted octanol–water partition coefficient (Wildman–Crippen LogP) is 1.14. The maximum atomic E-state index is 5.49. The summed E-state index contributed by atoms with van der Waals surface area (Å²) in [5.74, 6) is 0.536. The van der Waals surface area contributed by atoms with Gasteiger partial charge in [0, 0.05) is 0 Å². The summed E-state index contributed by atoms with van der Waals surface area (Å²) in [5, 5.41) is 0. The molecule has 0 spiro atoms. The van der Waals surface area contributed by atoms with Crippen LogP contribution in [0.25, 0.3) is 11.0 Å². The Balaban J connectivity index is 2.45. The Labute approximate surface area is 88.1 Å². The summed E-state index contributed by atoms with van der Waals surface area (Å²) in [5.41, 5.74) is 8.40. The topological polar surface area (TPSA) is 61.0 Å². The summed E-state index contributed by atoms with van der Waals surface area (Å²) in [6.07, 6.45) is 2.48. The molecular weight excluding hydrogens is 190 g/mol. The van der Waals surface area contributed by atoms with Gasteiger partial charge in [-0.1, -0.05) is 6.07 Å². The number of fused-ring (bicyclic) bond motifs is 1. The molecule has 0 saturated heterocycles. The van der Waals surface area contributed by atoms with Crippen molar-refractivity contribution in [1.82, 2.24) is 9.97 Å². The molecule has 2 N–H and O–H groups in total. The van der Waals surface area contributed by atoms with Crippen LogP contribution in [0, 0.1) is 0 Å². The lowest BCUT2D eigenvalue weighted by Crippen LogP contribution is -2.02. The Morgan fingerprint density at radius 2 is 2.20 bits per heavy atom. The zero-order valence-corrected chi connectivity index (χ0v) is 8.60. The van der Waals surface area contributed by atoms with Gasteiger partial charge in [-0.15, -0.1) is 0 Å². The second kappa shape index (κ2) is 4.23. The van der Waals surface area contributed by atoms with Crippen LogP contribution in [0.3, 0.4) is 0 Å². The van der Waals surface area contributed by atoms with Gasteiger partial charge in [-0.3, -0.25) is 0 Å². The van der Waals surface area contributed by atoms with E-state index in [2.05, 4.69) is 9.97 Å². The molecular formula is C11H13N3O. The van der Waals surface area contributed by atoms with E-state index in [9.17, 15) is 0 Å². The lowest BCUT2D eigenvalue weighted by Gasteiger charge is -2.02. The average molecular weight is 203 g/mol. The number of nitrogens with two attached hydrogens (primary N) is 1. The second-order valence-electron chi connectivity index (χ2n) is 3.27. The summed E-state index contributed by atoms with van der Waals surface area (Å²) in [4.78, 5) is 8.55. The van der Waals surface area contributed by atoms with E-state index in [-0.39, 0.29) is 0 Å². The summed E-state index contributed by atoms with van der Waals surface area (Å²) in [6.45, 7) is 0.648. The molecule has 1 aromatic carbocycles. The van der Waals surface area contributed by atoms with Crippen molar-refractivity contribution in [3.63, 3.8) is 0 Å². The number of nitrogens with zero attached hydrogens (tertiary/aromatic N) is 2. The van der Waals surface area contributed by atoms with Gasteiger partial charge >= 0.3 is 0 Å². The minimum atomic E-state index is 0.536. The van der Waals surface area contributed by atoms with Crippen molar-refractivity contribution in [2.45, 2.75) is 6.42 Å². The minimum Gasteiger partial charge on any atom is -0.480 e. The van der Waals surface area contributed by atoms with E-state index in [1.165, 1.54) is 5.56 Å². The number of methoxy groups -OCH3 is 1. The Morgan fingerprint density at radius 1 is 1.33 bits per heavy atom. The second-order valence-corrected chi connectivity index (χ2v) is 3.27. The first kappa shape index (κ1) is 9.86. The molecule has 0 radical (unpaired) electrons. The molecule has 2 aromatic rings. The summed E-state index contributed by atoms with van der Waals surface area (Å²) in [6, 6.07) is 5.97. The molecule has 0 aliphatic rings. The maximum absolute atomic E-state index is 5.49. The quantitative estimate of drug-likeness (QED) is 0.812. The fraction of sp³-hybridized carbons (Fsp3) is 0.273. The smallest absolute Gasteiger partial charge is 0.232 e. The molecule has 4 heteroatoms. The van der Waals surface area contributed by atoms with Crippen molar-refractivity contribution in [3.05, 3.63) is 30.0 Å². The van der Waals surface area contributed by atoms with Crippen molar-refractivity contribution >= 4 is 11.0 Å². The Hall–Kier alpha value is -1.68. The highest BCUT2D eigenvalue weighted by Crippen LogP contribution is 2.15. The van der Waals surface area contributed by atoms with Crippen molar-refractivity contribution in [2.75, 3.05) is 13.7 Å². The number of hydrogen-bond donors (Lipinski definition) is 1. The monoisotopic (exact) mass is 203 g/mol. The van der Waals surface area contributed by atoms with Crippen LogP contribution in [-0.2, 0) is 6.42 Å². The Bertz CT molecular complexity index is 470. The average Bonchev–Trinajstić information content (AvgIpc) is 2.29. The molecule has 15 heavy (non-hydrogen) atoms. The molecule has 0 aliphatic heterocycles. The largest absolute Gasteiger partial charge is 0.480 e. The standard InChI is InChI=1S/C11H13N3O/c1-15-11-7-13-10-6-8(4-5-12)2-3-9(10)14-11/h2-3,6-7H,4-5,12H2,1H3. The highest BCUT2D eigenvalue weighted by molar-refractivity contribution is 5.75. The molecule has 1 heterocycles. The first-order valence-corrected chi connectivity index (χ1v) is 4.83. The normalized spacial score (nSPS) is 10.5. The Kier molecular flexibility index (Phi) is 2.78. The van der Waals surface area contributed by atoms with Crippen molar-refractivity contribution < 1.29 is 4.74 Å². The van der Waals surface area contributed by atoms with Gasteiger partial charge in [-0.2, -0.15) is 0 Å². The zero-order valence-electron chi connectivity index (χ0n) is 8.60. The summed E-state index contributed by atoms with van der Waals surface area (Å²) < 4.78 is 5.01. The van der Waals surface area contributed by atoms with Crippen LogP contribution in [0.1, 0.15) is 5.56 Å². The van der Waals surface area contributed by atoms with Gasteiger partial charge in [0.25, 0.3) is 0 Å². The molecule has 2 rings (SSSR count). The molecule has 0 aliphatic carbocycles. The van der Waals surface area contributed by atoms with E-state index in [4.69, 9.17) is 10.5 Å². The van der Waals surface area contributed by atoms with Crippen LogP contribution >= 0.6 is 0 Å². The third-order valence-corrected chi connectivity index (χ3v) is 2.23. The van der Waals surface area contributed by atoms with E-state index >= 15 is 0 Å². The van der Waals surface area contributed by atoms with Gasteiger partial charge in [0.2, 0.25) is 5.88 Å². The van der Waals surface area contributed by atoms with Gasteiger partial charge in [-0.05, 0) is 30.7 Å². The van der Waals surface area contributed by atoms with E-state index in [0.29, 0.717) is 12.4 Å². The molecule has 4 nitrogen and oxygen atoms in total. The van der Waals surface area contributed by atoms with E-state index in [0.717, 1.165) is 17.5 Å². The van der Waals surface area contributed by atoms with Crippen LogP contribution in [0.4, 0.5) is 0 Å². The fourth-order valence-corrected chi connectivity index (χ4v) is 1.46. The fourth-order valence-electron chi connectivity index (χ4n) is 1.46. The molecule has 0 fully saturated rings. The first-order chi connectivity index (χ1) is 7.33. The van der Waals surface area contributed by atoms with Gasteiger partial charge in [-0.25, -0.2) is 9.97 Å². The van der Waals surface area contributed by atoms with Gasteiger partial charge in [0.05, 0.1) is 24.3 Å². The highest BCUT2D eigenvalue weighted by Gasteiger charge is 2.00. The van der Waals surface area contributed by atoms with E-state index in [1.54, 1.807) is 13.3 Å². The highest BCUT2D eigenvalue weighted by atomic mass is 16.5. The minimum absolute atomic E-state index is 0.536. The summed E-state index contributed by atoms with van der Waals surface area (Å²) >= 11 is 0. The number of benzene rings is 1. The van der Waals surface area contributed by atoms with Crippen LogP contribution < -0.4 is 10.5 Å². The number of ether oxygens (including phenoxy) is 1. The van der Waals surface area contributed by atoms with Gasteiger partial charge < -0.3 is 10.5 Å². The maximum Gasteiger partial charge on any atom is 0.232 e. The third-order valence-electron chi connectivity index (χ3n) is 2.23. The van der Waals surface area contributed by atoms with Crippen LogP contribution in [0.2, 0.25) is 0 Å². The van der Waals surface area contributed by atoms with Crippen molar-refractivity contribution in [3.8, 4) is 5.88 Å². The summed E-state index contributed by atoms with van der Waals surface area (Å²) in [7, 11) is 1.58. The number of hydrogen-bond acceptors (Lipinski definition) is 4. The molecule has 78 valence electrons. The molecule has 0 bridgehead atoms. The third kappa shape index (κ3) is 2.05. The Morgan fingerprint density at radius 3 is 2.93 bits per heavy atom. The molecule has 0 unspecified atom stereocenters. The van der Waals surface area contributed by atoms with Crippen molar-refractivity contribution in [2.24, 2.45) is 5.73 Å². The number of aromatic nitrogens is 2. The van der Waals surface area contributed by atoms with Crippen LogP contribution in [0.15, 0.2) is 24.4 Å². The van der Waals surface area contributed by atoms with Crippen LogP contribution in [0.5, 0.6) is 5.88 Å². The van der Waals surface area contributed by atoms with E-state index in [1.807, 2.05) is 18.2 Å².